The van der Waals surface area contributed by atoms with Crippen LogP contribution in [-0.2, 0) is 6.54 Å². The molecular weight excluding hydrogens is 468 g/mol. The van der Waals surface area contributed by atoms with Gasteiger partial charge in [-0.05, 0) is 42.5 Å². The van der Waals surface area contributed by atoms with Crippen molar-refractivity contribution in [2.45, 2.75) is 6.54 Å². The highest BCUT2D eigenvalue weighted by Gasteiger charge is 2.26. The molecule has 0 radical (unpaired) electrons. The minimum atomic E-state index is -0.303. The minimum Gasteiger partial charge on any atom is -0.493 e. The third-order valence-electron chi connectivity index (χ3n) is 4.65. The molecule has 5 rings (SSSR count). The first-order chi connectivity index (χ1) is 14.6. The second kappa shape index (κ2) is 7.62. The van der Waals surface area contributed by atoms with Crippen LogP contribution in [0, 0.1) is 0 Å². The summed E-state index contributed by atoms with van der Waals surface area (Å²) in [5, 5.41) is 1.36. The van der Waals surface area contributed by atoms with Crippen LogP contribution in [0.25, 0.3) is 21.2 Å². The van der Waals surface area contributed by atoms with E-state index in [1.54, 1.807) is 36.5 Å². The normalized spacial score (nSPS) is 11.3. The molecule has 150 valence electrons. The lowest BCUT2D eigenvalue weighted by Crippen LogP contribution is -2.29. The van der Waals surface area contributed by atoms with Crippen LogP contribution in [0.4, 0.5) is 5.13 Å². The molecule has 0 aliphatic rings. The van der Waals surface area contributed by atoms with Gasteiger partial charge in [0.1, 0.15) is 5.76 Å². The maximum atomic E-state index is 13.5. The van der Waals surface area contributed by atoms with Gasteiger partial charge in [0.2, 0.25) is 0 Å². The van der Waals surface area contributed by atoms with Crippen LogP contribution in [0.15, 0.2) is 74.2 Å². The van der Waals surface area contributed by atoms with Crippen molar-refractivity contribution in [1.82, 2.24) is 4.98 Å². The van der Waals surface area contributed by atoms with Gasteiger partial charge in [-0.1, -0.05) is 39.4 Å². The predicted molar refractivity (Wildman–Crippen MR) is 119 cm³/mol. The Morgan fingerprint density at radius 1 is 1.20 bits per heavy atom. The van der Waals surface area contributed by atoms with Gasteiger partial charge in [0.05, 0.1) is 30.1 Å². The Balaban J connectivity index is 1.59. The van der Waals surface area contributed by atoms with Gasteiger partial charge in [0.25, 0.3) is 5.91 Å². The van der Waals surface area contributed by atoms with E-state index in [2.05, 4.69) is 20.9 Å². The van der Waals surface area contributed by atoms with Crippen molar-refractivity contribution in [2.75, 3.05) is 12.0 Å². The summed E-state index contributed by atoms with van der Waals surface area (Å²) in [6.45, 7) is 0.237. The van der Waals surface area contributed by atoms with E-state index in [0.29, 0.717) is 22.2 Å². The third-order valence-corrected chi connectivity index (χ3v) is 6.18. The van der Waals surface area contributed by atoms with Gasteiger partial charge in [0.15, 0.2) is 22.2 Å². The lowest BCUT2D eigenvalue weighted by Gasteiger charge is -2.17. The Labute approximate surface area is 183 Å². The number of halogens is 1. The number of hydrogen-bond acceptors (Lipinski definition) is 6. The first kappa shape index (κ1) is 18.9. The fraction of sp³-hybridized carbons (Fsp3) is 0.0909. The smallest absolute Gasteiger partial charge is 0.296 e. The van der Waals surface area contributed by atoms with Crippen LogP contribution in [0.1, 0.15) is 16.3 Å². The van der Waals surface area contributed by atoms with E-state index < -0.39 is 0 Å². The lowest BCUT2D eigenvalue weighted by atomic mass is 10.2. The molecule has 6 nitrogen and oxygen atoms in total. The Morgan fingerprint density at radius 3 is 2.90 bits per heavy atom. The number of benzene rings is 2. The zero-order chi connectivity index (χ0) is 20.7. The van der Waals surface area contributed by atoms with Crippen LogP contribution in [0.5, 0.6) is 5.75 Å². The van der Waals surface area contributed by atoms with Crippen molar-refractivity contribution < 1.29 is 18.4 Å². The highest BCUT2D eigenvalue weighted by molar-refractivity contribution is 9.10. The van der Waals surface area contributed by atoms with E-state index in [1.807, 2.05) is 36.4 Å². The molecule has 0 spiro atoms. The van der Waals surface area contributed by atoms with Gasteiger partial charge in [-0.3, -0.25) is 9.69 Å². The Hall–Kier alpha value is -3.10. The van der Waals surface area contributed by atoms with Crippen molar-refractivity contribution in [2.24, 2.45) is 0 Å². The monoisotopic (exact) mass is 482 g/mol. The van der Waals surface area contributed by atoms with Gasteiger partial charge in [-0.2, -0.15) is 0 Å². The SMILES string of the molecule is COc1cccc2cc(C(=O)N(Cc3ccco3)c3nc4ccc(Br)cc4s3)oc12. The molecule has 3 heterocycles. The number of amides is 1. The van der Waals surface area contributed by atoms with Crippen molar-refractivity contribution in [3.8, 4) is 5.75 Å². The predicted octanol–water partition coefficient (Wildman–Crippen LogP) is 6.25. The highest BCUT2D eigenvalue weighted by atomic mass is 79.9. The number of fused-ring (bicyclic) bond motifs is 2. The van der Waals surface area contributed by atoms with Crippen molar-refractivity contribution in [3.63, 3.8) is 0 Å². The zero-order valence-corrected chi connectivity index (χ0v) is 18.2. The number of ether oxygens (including phenoxy) is 1. The maximum absolute atomic E-state index is 13.5. The second-order valence-electron chi connectivity index (χ2n) is 6.57. The van der Waals surface area contributed by atoms with E-state index >= 15 is 0 Å². The van der Waals surface area contributed by atoms with E-state index in [0.717, 1.165) is 20.1 Å². The van der Waals surface area contributed by atoms with Crippen molar-refractivity contribution in [1.29, 1.82) is 0 Å². The van der Waals surface area contributed by atoms with Gasteiger partial charge >= 0.3 is 0 Å². The number of carbonyl (C=O) groups excluding carboxylic acids is 1. The molecular formula is C22H15BrN2O4S. The molecule has 2 aromatic carbocycles. The van der Waals surface area contributed by atoms with Crippen LogP contribution in [0.2, 0.25) is 0 Å². The number of anilines is 1. The number of carbonyl (C=O) groups is 1. The van der Waals surface area contributed by atoms with Crippen molar-refractivity contribution in [3.05, 3.63) is 76.9 Å². The molecule has 0 N–H and O–H groups in total. The summed E-state index contributed by atoms with van der Waals surface area (Å²) in [5.74, 6) is 1.13. The zero-order valence-electron chi connectivity index (χ0n) is 15.8. The summed E-state index contributed by atoms with van der Waals surface area (Å²) in [7, 11) is 1.57. The van der Waals surface area contributed by atoms with Crippen LogP contribution < -0.4 is 9.64 Å². The molecule has 0 saturated heterocycles. The largest absolute Gasteiger partial charge is 0.493 e. The van der Waals surface area contributed by atoms with Gasteiger partial charge in [-0.15, -0.1) is 0 Å². The van der Waals surface area contributed by atoms with Gasteiger partial charge < -0.3 is 13.6 Å². The summed E-state index contributed by atoms with van der Waals surface area (Å²) in [6, 6.07) is 16.7. The summed E-state index contributed by atoms with van der Waals surface area (Å²) in [6.07, 6.45) is 1.58. The number of para-hydroxylation sites is 1. The van der Waals surface area contributed by atoms with Gasteiger partial charge in [0, 0.05) is 9.86 Å². The van der Waals surface area contributed by atoms with E-state index in [9.17, 15) is 4.79 Å². The van der Waals surface area contributed by atoms with Crippen LogP contribution in [0.3, 0.4) is 0 Å². The Kier molecular flexibility index (Phi) is 4.80. The average Bonchev–Trinajstić information content (AvgIpc) is 3.49. The molecule has 0 aliphatic heterocycles. The first-order valence-corrected chi connectivity index (χ1v) is 10.7. The molecule has 5 aromatic rings. The van der Waals surface area contributed by atoms with Crippen LogP contribution in [-0.4, -0.2) is 18.0 Å². The Bertz CT molecular complexity index is 1360. The molecule has 0 saturated carbocycles. The number of aromatic nitrogens is 1. The van der Waals surface area contributed by atoms with Crippen molar-refractivity contribution >= 4 is 59.5 Å². The molecule has 30 heavy (non-hydrogen) atoms. The van der Waals surface area contributed by atoms with Gasteiger partial charge in [-0.25, -0.2) is 4.98 Å². The fourth-order valence-electron chi connectivity index (χ4n) is 3.22. The summed E-state index contributed by atoms with van der Waals surface area (Å²) < 4.78 is 18.7. The molecule has 0 aliphatic carbocycles. The molecule has 8 heteroatoms. The molecule has 3 aromatic heterocycles. The number of thiazole rings is 1. The van der Waals surface area contributed by atoms with E-state index in [4.69, 9.17) is 13.6 Å². The minimum absolute atomic E-state index is 0.210. The number of methoxy groups -OCH3 is 1. The highest BCUT2D eigenvalue weighted by Crippen LogP contribution is 2.34. The second-order valence-corrected chi connectivity index (χ2v) is 8.49. The quantitative estimate of drug-likeness (QED) is 0.296. The average molecular weight is 483 g/mol. The summed E-state index contributed by atoms with van der Waals surface area (Å²) >= 11 is 4.92. The summed E-state index contributed by atoms with van der Waals surface area (Å²) in [5.41, 5.74) is 1.36. The molecule has 0 unspecified atom stereocenters. The molecule has 0 fully saturated rings. The Morgan fingerprint density at radius 2 is 2.10 bits per heavy atom. The topological polar surface area (TPSA) is 68.7 Å². The number of nitrogens with zero attached hydrogens (tertiary/aromatic N) is 2. The molecule has 0 bridgehead atoms. The maximum Gasteiger partial charge on any atom is 0.296 e. The van der Waals surface area contributed by atoms with E-state index in [-0.39, 0.29) is 18.2 Å². The van der Waals surface area contributed by atoms with E-state index in [1.165, 1.54) is 11.3 Å². The molecule has 0 atom stereocenters. The standard InChI is InChI=1S/C22H15BrN2O4S/c1-27-17-6-2-4-13-10-18(29-20(13)17)21(26)25(12-15-5-3-9-28-15)22-24-16-8-7-14(23)11-19(16)30-22/h2-11H,12H2,1H3. The fourth-order valence-corrected chi connectivity index (χ4v) is 4.74. The lowest BCUT2D eigenvalue weighted by molar-refractivity contribution is 0.0958. The van der Waals surface area contributed by atoms with Crippen LogP contribution >= 0.6 is 27.3 Å². The third kappa shape index (κ3) is 3.38. The number of rotatable bonds is 5. The number of furan rings is 2. The molecule has 1 amide bonds. The summed E-state index contributed by atoms with van der Waals surface area (Å²) in [4.78, 5) is 19.7. The first-order valence-electron chi connectivity index (χ1n) is 9.09. The number of hydrogen-bond donors (Lipinski definition) is 0.